The maximum atomic E-state index is 5.61. The summed E-state index contributed by atoms with van der Waals surface area (Å²) in [6.45, 7) is 9.68. The Labute approximate surface area is 85.0 Å². The molecule has 1 aromatic rings. The molecule has 0 spiro atoms. The molecule has 74 valence electrons. The highest BCUT2D eigenvalue weighted by atomic mass is 32.1. The van der Waals surface area contributed by atoms with Crippen LogP contribution in [-0.2, 0) is 5.41 Å². The Morgan fingerprint density at radius 2 is 2.00 bits per heavy atom. The van der Waals surface area contributed by atoms with Gasteiger partial charge in [0, 0.05) is 9.75 Å². The fourth-order valence-corrected chi connectivity index (χ4v) is 2.90. The summed E-state index contributed by atoms with van der Waals surface area (Å²) in [7, 11) is 0. The second-order valence-corrected chi connectivity index (χ2v) is 5.71. The minimum absolute atomic E-state index is 0.240. The van der Waals surface area contributed by atoms with Crippen LogP contribution in [0.3, 0.4) is 0 Å². The molecule has 0 unspecified atom stereocenters. The Balaban J connectivity index is 2.98. The largest absolute Gasteiger partial charge is 0.330 e. The molecule has 0 atom stereocenters. The van der Waals surface area contributed by atoms with Crippen LogP contribution in [0.15, 0.2) is 6.07 Å². The number of nitrogens with two attached hydrogens (primary N) is 1. The number of thiophene rings is 1. The summed E-state index contributed by atoms with van der Waals surface area (Å²) in [6, 6.07) is 2.30. The highest BCUT2D eigenvalue weighted by molar-refractivity contribution is 7.12. The van der Waals surface area contributed by atoms with Crippen LogP contribution in [-0.4, -0.2) is 6.54 Å². The first-order valence-electron chi connectivity index (χ1n) is 4.75. The van der Waals surface area contributed by atoms with Gasteiger partial charge in [0.15, 0.2) is 0 Å². The van der Waals surface area contributed by atoms with Crippen molar-refractivity contribution in [2.45, 2.75) is 39.5 Å². The molecule has 1 heterocycles. The molecule has 2 heteroatoms. The molecule has 2 N–H and O–H groups in total. The lowest BCUT2D eigenvalue weighted by Crippen LogP contribution is -2.21. The van der Waals surface area contributed by atoms with Gasteiger partial charge in [0.25, 0.3) is 0 Å². The highest BCUT2D eigenvalue weighted by Gasteiger charge is 2.22. The molecular formula is C11H19NS. The van der Waals surface area contributed by atoms with Crippen molar-refractivity contribution in [2.24, 2.45) is 5.73 Å². The molecule has 0 fully saturated rings. The summed E-state index contributed by atoms with van der Waals surface area (Å²) in [5.41, 5.74) is 7.32. The van der Waals surface area contributed by atoms with E-state index in [1.807, 2.05) is 11.3 Å². The fourth-order valence-electron chi connectivity index (χ4n) is 1.80. The molecule has 0 aliphatic rings. The summed E-state index contributed by atoms with van der Waals surface area (Å²) < 4.78 is 0. The summed E-state index contributed by atoms with van der Waals surface area (Å²) in [5.74, 6) is 0. The predicted octanol–water partition coefficient (Wildman–Crippen LogP) is 2.99. The Morgan fingerprint density at radius 3 is 2.38 bits per heavy atom. The van der Waals surface area contributed by atoms with Crippen molar-refractivity contribution in [2.75, 3.05) is 6.54 Å². The van der Waals surface area contributed by atoms with E-state index in [1.165, 1.54) is 15.3 Å². The van der Waals surface area contributed by atoms with Crippen LogP contribution in [0.2, 0.25) is 0 Å². The van der Waals surface area contributed by atoms with Crippen molar-refractivity contribution in [3.63, 3.8) is 0 Å². The second kappa shape index (κ2) is 3.81. The molecule has 0 aromatic carbocycles. The zero-order chi connectivity index (χ0) is 10.1. The molecule has 1 aromatic heterocycles. The normalized spacial score (nSPS) is 12.1. The van der Waals surface area contributed by atoms with E-state index in [0.717, 1.165) is 13.0 Å². The summed E-state index contributed by atoms with van der Waals surface area (Å²) >= 11 is 1.88. The zero-order valence-electron chi connectivity index (χ0n) is 8.98. The third-order valence-corrected chi connectivity index (χ3v) is 3.51. The average molecular weight is 197 g/mol. The van der Waals surface area contributed by atoms with Crippen molar-refractivity contribution >= 4 is 11.3 Å². The SMILES string of the molecule is Cc1cc(C(C)(C)CCN)c(C)s1. The summed E-state index contributed by atoms with van der Waals surface area (Å²) in [4.78, 5) is 2.84. The molecule has 0 aliphatic carbocycles. The van der Waals surface area contributed by atoms with E-state index in [1.54, 1.807) is 0 Å². The predicted molar refractivity (Wildman–Crippen MR) is 60.5 cm³/mol. The van der Waals surface area contributed by atoms with Gasteiger partial charge in [-0.3, -0.25) is 0 Å². The van der Waals surface area contributed by atoms with Crippen molar-refractivity contribution in [1.29, 1.82) is 0 Å². The van der Waals surface area contributed by atoms with Gasteiger partial charge in [-0.05, 0) is 43.9 Å². The Kier molecular flexibility index (Phi) is 3.14. The van der Waals surface area contributed by atoms with Gasteiger partial charge in [0.1, 0.15) is 0 Å². The lowest BCUT2D eigenvalue weighted by Gasteiger charge is -2.24. The summed E-state index contributed by atoms with van der Waals surface area (Å²) in [6.07, 6.45) is 1.06. The number of hydrogen-bond donors (Lipinski definition) is 1. The monoisotopic (exact) mass is 197 g/mol. The third kappa shape index (κ3) is 2.32. The van der Waals surface area contributed by atoms with Crippen LogP contribution in [0.4, 0.5) is 0 Å². The molecule has 0 amide bonds. The standard InChI is InChI=1S/C11H19NS/c1-8-7-10(9(2)13-8)11(3,4)5-6-12/h7H,5-6,12H2,1-4H3. The van der Waals surface area contributed by atoms with Crippen molar-refractivity contribution < 1.29 is 0 Å². The molecule has 13 heavy (non-hydrogen) atoms. The van der Waals surface area contributed by atoms with E-state index < -0.39 is 0 Å². The first-order chi connectivity index (χ1) is 5.97. The molecule has 1 nitrogen and oxygen atoms in total. The smallest absolute Gasteiger partial charge is 0.00544 e. The van der Waals surface area contributed by atoms with Crippen LogP contribution in [0.1, 0.15) is 35.6 Å². The maximum absolute atomic E-state index is 5.61. The molecule has 0 saturated carbocycles. The Morgan fingerprint density at radius 1 is 1.38 bits per heavy atom. The van der Waals surface area contributed by atoms with Gasteiger partial charge in [-0.15, -0.1) is 11.3 Å². The molecule has 0 radical (unpaired) electrons. The van der Waals surface area contributed by atoms with Gasteiger partial charge in [-0.1, -0.05) is 13.8 Å². The average Bonchev–Trinajstić information content (AvgIpc) is 2.30. The van der Waals surface area contributed by atoms with Gasteiger partial charge in [-0.25, -0.2) is 0 Å². The topological polar surface area (TPSA) is 26.0 Å². The van der Waals surface area contributed by atoms with Crippen LogP contribution in [0.5, 0.6) is 0 Å². The Hall–Kier alpha value is -0.340. The molecule has 1 rings (SSSR count). The molecule has 0 saturated heterocycles. The fraction of sp³-hybridized carbons (Fsp3) is 0.636. The van der Waals surface area contributed by atoms with E-state index in [4.69, 9.17) is 5.73 Å². The minimum Gasteiger partial charge on any atom is -0.330 e. The van der Waals surface area contributed by atoms with E-state index >= 15 is 0 Å². The van der Waals surface area contributed by atoms with E-state index in [2.05, 4.69) is 33.8 Å². The van der Waals surface area contributed by atoms with Crippen molar-refractivity contribution in [1.82, 2.24) is 0 Å². The van der Waals surface area contributed by atoms with E-state index in [9.17, 15) is 0 Å². The van der Waals surface area contributed by atoms with Crippen LogP contribution in [0.25, 0.3) is 0 Å². The minimum atomic E-state index is 0.240. The lowest BCUT2D eigenvalue weighted by atomic mass is 9.82. The lowest BCUT2D eigenvalue weighted by molar-refractivity contribution is 0.487. The van der Waals surface area contributed by atoms with Gasteiger partial charge < -0.3 is 5.73 Å². The van der Waals surface area contributed by atoms with Crippen LogP contribution >= 0.6 is 11.3 Å². The first kappa shape index (κ1) is 10.7. The van der Waals surface area contributed by atoms with Crippen LogP contribution < -0.4 is 5.73 Å². The number of hydrogen-bond acceptors (Lipinski definition) is 2. The van der Waals surface area contributed by atoms with Gasteiger partial charge in [0.05, 0.1) is 0 Å². The third-order valence-electron chi connectivity index (χ3n) is 2.54. The van der Waals surface area contributed by atoms with Crippen molar-refractivity contribution in [3.05, 3.63) is 21.4 Å². The molecular weight excluding hydrogens is 178 g/mol. The van der Waals surface area contributed by atoms with Gasteiger partial charge in [0.2, 0.25) is 0 Å². The first-order valence-corrected chi connectivity index (χ1v) is 5.56. The highest BCUT2D eigenvalue weighted by Crippen LogP contribution is 2.33. The zero-order valence-corrected chi connectivity index (χ0v) is 9.79. The van der Waals surface area contributed by atoms with Crippen molar-refractivity contribution in [3.8, 4) is 0 Å². The number of rotatable bonds is 3. The van der Waals surface area contributed by atoms with Crippen LogP contribution in [0, 0.1) is 13.8 Å². The van der Waals surface area contributed by atoms with Gasteiger partial charge in [-0.2, -0.15) is 0 Å². The van der Waals surface area contributed by atoms with E-state index in [-0.39, 0.29) is 5.41 Å². The molecule has 0 aliphatic heterocycles. The molecule has 0 bridgehead atoms. The van der Waals surface area contributed by atoms with Gasteiger partial charge >= 0.3 is 0 Å². The number of aryl methyl sites for hydroxylation is 2. The second-order valence-electron chi connectivity index (χ2n) is 4.25. The van der Waals surface area contributed by atoms with E-state index in [0.29, 0.717) is 0 Å². The Bertz CT molecular complexity index is 286. The summed E-state index contributed by atoms with van der Waals surface area (Å²) in [5, 5.41) is 0. The quantitative estimate of drug-likeness (QED) is 0.792. The maximum Gasteiger partial charge on any atom is 0.00544 e.